The average Bonchev–Trinajstić information content (AvgIpc) is 3.08. The molecule has 1 atom stereocenters. The lowest BCUT2D eigenvalue weighted by atomic mass is 10.1. The van der Waals surface area contributed by atoms with Crippen LogP contribution in [0.25, 0.3) is 0 Å². The number of carbonyl (C=O) groups is 2. The summed E-state index contributed by atoms with van der Waals surface area (Å²) in [6, 6.07) is 17.8. The van der Waals surface area contributed by atoms with Gasteiger partial charge >= 0.3 is 0 Å². The van der Waals surface area contributed by atoms with Crippen LogP contribution >= 0.6 is 0 Å². The topological polar surface area (TPSA) is 61.4 Å². The van der Waals surface area contributed by atoms with Gasteiger partial charge in [-0.2, -0.15) is 0 Å². The maximum absolute atomic E-state index is 12.1. The van der Waals surface area contributed by atoms with E-state index in [2.05, 4.69) is 27.7 Å². The highest BCUT2D eigenvalue weighted by molar-refractivity contribution is 5.96. The molecule has 1 aliphatic heterocycles. The highest BCUT2D eigenvalue weighted by Gasteiger charge is 2.23. The van der Waals surface area contributed by atoms with E-state index < -0.39 is 0 Å². The lowest BCUT2D eigenvalue weighted by molar-refractivity contribution is -0.120. The van der Waals surface area contributed by atoms with Gasteiger partial charge in [0.1, 0.15) is 0 Å². The second-order valence-corrected chi connectivity index (χ2v) is 6.82. The summed E-state index contributed by atoms with van der Waals surface area (Å²) in [5.41, 5.74) is 2.95. The van der Waals surface area contributed by atoms with E-state index in [9.17, 15) is 9.59 Å². The monoisotopic (exact) mass is 351 g/mol. The molecule has 1 heterocycles. The van der Waals surface area contributed by atoms with Crippen LogP contribution in [0.3, 0.4) is 0 Å². The minimum atomic E-state index is -0.225. The van der Waals surface area contributed by atoms with Crippen molar-refractivity contribution in [3.8, 4) is 0 Å². The van der Waals surface area contributed by atoms with Crippen molar-refractivity contribution < 1.29 is 9.59 Å². The number of likely N-dealkylation sites (tertiary alicyclic amines) is 1. The fourth-order valence-corrected chi connectivity index (χ4v) is 3.18. The van der Waals surface area contributed by atoms with Gasteiger partial charge in [-0.05, 0) is 31.0 Å². The third kappa shape index (κ3) is 5.17. The molecule has 0 bridgehead atoms. The molecule has 0 aliphatic carbocycles. The van der Waals surface area contributed by atoms with Crippen LogP contribution in [-0.4, -0.2) is 42.4 Å². The fourth-order valence-electron chi connectivity index (χ4n) is 3.18. The molecule has 5 heteroatoms. The second-order valence-electron chi connectivity index (χ2n) is 6.82. The zero-order valence-corrected chi connectivity index (χ0v) is 15.1. The average molecular weight is 351 g/mol. The van der Waals surface area contributed by atoms with Gasteiger partial charge in [0.05, 0.1) is 6.54 Å². The first kappa shape index (κ1) is 18.1. The molecule has 1 fully saturated rings. The molecule has 2 N–H and O–H groups in total. The van der Waals surface area contributed by atoms with Gasteiger partial charge in [-0.15, -0.1) is 0 Å². The van der Waals surface area contributed by atoms with Crippen LogP contribution in [0.2, 0.25) is 0 Å². The van der Waals surface area contributed by atoms with E-state index in [-0.39, 0.29) is 24.4 Å². The SMILES string of the molecule is Cc1ccc(C(=O)NCC(=O)NC2CCN(Cc3ccccc3)C2)cc1. The van der Waals surface area contributed by atoms with Crippen molar-refractivity contribution in [3.05, 3.63) is 71.3 Å². The van der Waals surface area contributed by atoms with Gasteiger partial charge in [-0.25, -0.2) is 0 Å². The van der Waals surface area contributed by atoms with Crippen molar-refractivity contribution in [1.29, 1.82) is 0 Å². The van der Waals surface area contributed by atoms with Crippen molar-refractivity contribution in [3.63, 3.8) is 0 Å². The summed E-state index contributed by atoms with van der Waals surface area (Å²) < 4.78 is 0. The quantitative estimate of drug-likeness (QED) is 0.838. The van der Waals surface area contributed by atoms with E-state index in [1.54, 1.807) is 12.1 Å². The molecule has 136 valence electrons. The molecule has 2 aromatic rings. The number of carbonyl (C=O) groups excluding carboxylic acids is 2. The molecule has 2 amide bonds. The smallest absolute Gasteiger partial charge is 0.251 e. The first-order valence-corrected chi connectivity index (χ1v) is 9.00. The zero-order chi connectivity index (χ0) is 18.4. The van der Waals surface area contributed by atoms with Crippen molar-refractivity contribution in [2.24, 2.45) is 0 Å². The van der Waals surface area contributed by atoms with E-state index in [1.165, 1.54) is 5.56 Å². The highest BCUT2D eigenvalue weighted by atomic mass is 16.2. The number of aryl methyl sites for hydroxylation is 1. The van der Waals surface area contributed by atoms with Gasteiger partial charge in [-0.3, -0.25) is 14.5 Å². The second kappa shape index (κ2) is 8.63. The lowest BCUT2D eigenvalue weighted by Crippen LogP contribution is -2.43. The molecule has 0 aromatic heterocycles. The van der Waals surface area contributed by atoms with Crippen molar-refractivity contribution >= 4 is 11.8 Å². The molecule has 3 rings (SSSR count). The Balaban J connectivity index is 1.40. The van der Waals surface area contributed by atoms with E-state index in [1.807, 2.05) is 37.3 Å². The maximum atomic E-state index is 12.1. The summed E-state index contributed by atoms with van der Waals surface area (Å²) in [4.78, 5) is 26.5. The molecule has 0 spiro atoms. The summed E-state index contributed by atoms with van der Waals surface area (Å²) in [6.07, 6.45) is 0.935. The number of nitrogens with zero attached hydrogens (tertiary/aromatic N) is 1. The lowest BCUT2D eigenvalue weighted by Gasteiger charge is -2.17. The molecular formula is C21H25N3O2. The van der Waals surface area contributed by atoms with Gasteiger partial charge in [0.2, 0.25) is 5.91 Å². The molecule has 2 aromatic carbocycles. The number of hydrogen-bond acceptors (Lipinski definition) is 3. The van der Waals surface area contributed by atoms with E-state index in [4.69, 9.17) is 0 Å². The Labute approximate surface area is 154 Å². The third-order valence-electron chi connectivity index (χ3n) is 4.61. The van der Waals surface area contributed by atoms with Gasteiger partial charge in [0, 0.05) is 31.2 Å². The van der Waals surface area contributed by atoms with Crippen LogP contribution in [-0.2, 0) is 11.3 Å². The largest absolute Gasteiger partial charge is 0.350 e. The summed E-state index contributed by atoms with van der Waals surface area (Å²) in [7, 11) is 0. The van der Waals surface area contributed by atoms with Gasteiger partial charge in [-0.1, -0.05) is 48.0 Å². The van der Waals surface area contributed by atoms with Crippen molar-refractivity contribution in [2.45, 2.75) is 25.9 Å². The summed E-state index contributed by atoms with van der Waals surface area (Å²) in [6.45, 7) is 4.68. The number of benzene rings is 2. The number of hydrogen-bond donors (Lipinski definition) is 2. The fraction of sp³-hybridized carbons (Fsp3) is 0.333. The van der Waals surface area contributed by atoms with E-state index in [0.29, 0.717) is 5.56 Å². The molecule has 1 unspecified atom stereocenters. The predicted octanol–water partition coefficient (Wildman–Crippen LogP) is 2.12. The standard InChI is InChI=1S/C21H25N3O2/c1-16-7-9-18(10-8-16)21(26)22-13-20(25)23-19-11-12-24(15-19)14-17-5-3-2-4-6-17/h2-10,19H,11-15H2,1H3,(H,22,26)(H,23,25). The first-order valence-electron chi connectivity index (χ1n) is 9.00. The summed E-state index contributed by atoms with van der Waals surface area (Å²) in [5.74, 6) is -0.366. The minimum absolute atomic E-state index is 0.00188. The molecular weight excluding hydrogens is 326 g/mol. The Kier molecular flexibility index (Phi) is 6.02. The Morgan fingerprint density at radius 1 is 1.08 bits per heavy atom. The Bertz CT molecular complexity index is 744. The van der Waals surface area contributed by atoms with Crippen LogP contribution in [0.15, 0.2) is 54.6 Å². The highest BCUT2D eigenvalue weighted by Crippen LogP contribution is 2.13. The summed E-state index contributed by atoms with van der Waals surface area (Å²) >= 11 is 0. The molecule has 26 heavy (non-hydrogen) atoms. The molecule has 1 saturated heterocycles. The Morgan fingerprint density at radius 3 is 2.54 bits per heavy atom. The maximum Gasteiger partial charge on any atom is 0.251 e. The third-order valence-corrected chi connectivity index (χ3v) is 4.61. The summed E-state index contributed by atoms with van der Waals surface area (Å²) in [5, 5.41) is 5.69. The van der Waals surface area contributed by atoms with Crippen LogP contribution in [0.1, 0.15) is 27.9 Å². The number of rotatable bonds is 6. The van der Waals surface area contributed by atoms with Crippen molar-refractivity contribution in [1.82, 2.24) is 15.5 Å². The Morgan fingerprint density at radius 2 is 1.81 bits per heavy atom. The molecule has 5 nitrogen and oxygen atoms in total. The van der Waals surface area contributed by atoms with Gasteiger partial charge in [0.25, 0.3) is 5.91 Å². The van der Waals surface area contributed by atoms with E-state index in [0.717, 1.165) is 31.6 Å². The zero-order valence-electron chi connectivity index (χ0n) is 15.1. The first-order chi connectivity index (χ1) is 12.6. The number of amides is 2. The van der Waals surface area contributed by atoms with Crippen LogP contribution < -0.4 is 10.6 Å². The number of nitrogens with one attached hydrogen (secondary N) is 2. The van der Waals surface area contributed by atoms with E-state index >= 15 is 0 Å². The molecule has 0 radical (unpaired) electrons. The van der Waals surface area contributed by atoms with Crippen LogP contribution in [0.4, 0.5) is 0 Å². The predicted molar refractivity (Wildman–Crippen MR) is 102 cm³/mol. The normalized spacial score (nSPS) is 17.0. The molecule has 1 aliphatic rings. The molecule has 0 saturated carbocycles. The van der Waals surface area contributed by atoms with Gasteiger partial charge < -0.3 is 10.6 Å². The minimum Gasteiger partial charge on any atom is -0.350 e. The van der Waals surface area contributed by atoms with Crippen LogP contribution in [0.5, 0.6) is 0 Å². The Hall–Kier alpha value is -2.66. The van der Waals surface area contributed by atoms with Crippen molar-refractivity contribution in [2.75, 3.05) is 19.6 Å². The van der Waals surface area contributed by atoms with Gasteiger partial charge in [0.15, 0.2) is 0 Å². The van der Waals surface area contributed by atoms with Crippen LogP contribution in [0, 0.1) is 6.92 Å².